The molecular formula is C9H15N3. The Labute approximate surface area is 72.6 Å². The average Bonchev–Trinajstić information content (AvgIpc) is 2.58. The minimum absolute atomic E-state index is 0.479. The van der Waals surface area contributed by atoms with Crippen LogP contribution in [0, 0.1) is 5.92 Å². The molecule has 0 amide bonds. The second-order valence-corrected chi connectivity index (χ2v) is 3.64. The third-order valence-electron chi connectivity index (χ3n) is 2.54. The molecule has 0 aliphatic carbocycles. The maximum atomic E-state index is 4.18. The summed E-state index contributed by atoms with van der Waals surface area (Å²) in [7, 11) is 0. The molecule has 0 saturated carbocycles. The van der Waals surface area contributed by atoms with E-state index in [0.717, 1.165) is 18.2 Å². The fourth-order valence-electron chi connectivity index (χ4n) is 1.72. The molecular weight excluding hydrogens is 150 g/mol. The van der Waals surface area contributed by atoms with Gasteiger partial charge in [0, 0.05) is 6.20 Å². The van der Waals surface area contributed by atoms with Crippen molar-refractivity contribution in [2.45, 2.75) is 25.8 Å². The molecule has 3 nitrogen and oxygen atoms in total. The van der Waals surface area contributed by atoms with E-state index in [2.05, 4.69) is 22.4 Å². The Morgan fingerprint density at radius 1 is 1.50 bits per heavy atom. The molecule has 1 aliphatic heterocycles. The third-order valence-corrected chi connectivity index (χ3v) is 2.54. The van der Waals surface area contributed by atoms with Crippen molar-refractivity contribution >= 4 is 0 Å². The fourth-order valence-corrected chi connectivity index (χ4v) is 1.72. The predicted octanol–water partition coefficient (Wildman–Crippen LogP) is 1.47. The van der Waals surface area contributed by atoms with Crippen LogP contribution in [-0.2, 0) is 0 Å². The van der Waals surface area contributed by atoms with Gasteiger partial charge in [-0.2, -0.15) is 5.10 Å². The smallest absolute Gasteiger partial charge is 0.0791 e. The Balaban J connectivity index is 1.99. The molecule has 0 radical (unpaired) electrons. The molecule has 12 heavy (non-hydrogen) atoms. The second-order valence-electron chi connectivity index (χ2n) is 3.64. The van der Waals surface area contributed by atoms with Crippen molar-refractivity contribution in [3.63, 3.8) is 0 Å². The SMILES string of the molecule is C[C@H]1CC[C@H](c2cc[nH]n2)NC1. The van der Waals surface area contributed by atoms with Crippen molar-refractivity contribution in [3.05, 3.63) is 18.0 Å². The molecule has 2 rings (SSSR count). The van der Waals surface area contributed by atoms with Crippen LogP contribution in [0.4, 0.5) is 0 Å². The van der Waals surface area contributed by atoms with E-state index in [9.17, 15) is 0 Å². The molecule has 2 N–H and O–H groups in total. The molecule has 66 valence electrons. The molecule has 0 bridgehead atoms. The molecule has 2 atom stereocenters. The summed E-state index contributed by atoms with van der Waals surface area (Å²) in [5.41, 5.74) is 1.15. The number of hydrogen-bond donors (Lipinski definition) is 2. The lowest BCUT2D eigenvalue weighted by Gasteiger charge is -2.26. The van der Waals surface area contributed by atoms with E-state index in [4.69, 9.17) is 0 Å². The lowest BCUT2D eigenvalue weighted by Crippen LogP contribution is -2.32. The Hall–Kier alpha value is -0.830. The zero-order chi connectivity index (χ0) is 8.39. The van der Waals surface area contributed by atoms with Gasteiger partial charge in [0.05, 0.1) is 11.7 Å². The molecule has 1 saturated heterocycles. The highest BCUT2D eigenvalue weighted by Crippen LogP contribution is 2.23. The Bertz CT molecular complexity index is 222. The van der Waals surface area contributed by atoms with Crippen LogP contribution in [0.15, 0.2) is 12.3 Å². The molecule has 0 aromatic carbocycles. The zero-order valence-corrected chi connectivity index (χ0v) is 7.38. The van der Waals surface area contributed by atoms with Crippen molar-refractivity contribution in [3.8, 4) is 0 Å². The summed E-state index contributed by atoms with van der Waals surface area (Å²) < 4.78 is 0. The van der Waals surface area contributed by atoms with Crippen LogP contribution in [0.3, 0.4) is 0 Å². The Kier molecular flexibility index (Phi) is 2.13. The minimum atomic E-state index is 0.479. The number of H-pyrrole nitrogens is 1. The molecule has 0 unspecified atom stereocenters. The summed E-state index contributed by atoms with van der Waals surface area (Å²) >= 11 is 0. The summed E-state index contributed by atoms with van der Waals surface area (Å²) in [5.74, 6) is 0.820. The van der Waals surface area contributed by atoms with E-state index in [1.54, 1.807) is 0 Å². The van der Waals surface area contributed by atoms with E-state index >= 15 is 0 Å². The van der Waals surface area contributed by atoms with Crippen molar-refractivity contribution in [2.24, 2.45) is 5.92 Å². The van der Waals surface area contributed by atoms with Crippen molar-refractivity contribution in [2.75, 3.05) is 6.54 Å². The first kappa shape index (κ1) is 7.80. The van der Waals surface area contributed by atoms with Gasteiger partial charge in [-0.1, -0.05) is 6.92 Å². The van der Waals surface area contributed by atoms with E-state index in [1.807, 2.05) is 12.3 Å². The summed E-state index contributed by atoms with van der Waals surface area (Å²) in [6.07, 6.45) is 4.41. The van der Waals surface area contributed by atoms with Gasteiger partial charge in [-0.15, -0.1) is 0 Å². The monoisotopic (exact) mass is 165 g/mol. The number of aromatic nitrogens is 2. The van der Waals surface area contributed by atoms with Gasteiger partial charge >= 0.3 is 0 Å². The highest BCUT2D eigenvalue weighted by Gasteiger charge is 2.19. The van der Waals surface area contributed by atoms with Gasteiger partial charge in [-0.25, -0.2) is 0 Å². The van der Waals surface area contributed by atoms with Crippen LogP contribution < -0.4 is 5.32 Å². The van der Waals surface area contributed by atoms with Crippen LogP contribution in [0.2, 0.25) is 0 Å². The lowest BCUT2D eigenvalue weighted by atomic mass is 9.95. The zero-order valence-electron chi connectivity index (χ0n) is 7.38. The maximum absolute atomic E-state index is 4.18. The molecule has 1 aromatic heterocycles. The quantitative estimate of drug-likeness (QED) is 0.661. The average molecular weight is 165 g/mol. The van der Waals surface area contributed by atoms with Gasteiger partial charge in [-0.3, -0.25) is 5.10 Å². The maximum Gasteiger partial charge on any atom is 0.0791 e. The Morgan fingerprint density at radius 2 is 2.42 bits per heavy atom. The number of nitrogens with zero attached hydrogens (tertiary/aromatic N) is 1. The molecule has 1 aromatic rings. The van der Waals surface area contributed by atoms with Gasteiger partial charge < -0.3 is 5.32 Å². The topological polar surface area (TPSA) is 40.7 Å². The number of hydrogen-bond acceptors (Lipinski definition) is 2. The molecule has 1 fully saturated rings. The van der Waals surface area contributed by atoms with Crippen LogP contribution in [-0.4, -0.2) is 16.7 Å². The van der Waals surface area contributed by atoms with E-state index in [0.29, 0.717) is 6.04 Å². The van der Waals surface area contributed by atoms with Crippen LogP contribution in [0.25, 0.3) is 0 Å². The van der Waals surface area contributed by atoms with E-state index in [-0.39, 0.29) is 0 Å². The summed E-state index contributed by atoms with van der Waals surface area (Å²) in [6.45, 7) is 3.41. The molecule has 2 heterocycles. The number of nitrogens with one attached hydrogen (secondary N) is 2. The largest absolute Gasteiger partial charge is 0.308 e. The van der Waals surface area contributed by atoms with Crippen molar-refractivity contribution in [1.29, 1.82) is 0 Å². The first-order valence-electron chi connectivity index (χ1n) is 4.59. The first-order valence-corrected chi connectivity index (χ1v) is 4.59. The molecule has 0 spiro atoms. The highest BCUT2D eigenvalue weighted by atomic mass is 15.1. The minimum Gasteiger partial charge on any atom is -0.308 e. The van der Waals surface area contributed by atoms with E-state index in [1.165, 1.54) is 12.8 Å². The third kappa shape index (κ3) is 1.50. The van der Waals surface area contributed by atoms with Crippen LogP contribution >= 0.6 is 0 Å². The van der Waals surface area contributed by atoms with Crippen LogP contribution in [0.5, 0.6) is 0 Å². The second kappa shape index (κ2) is 3.27. The number of rotatable bonds is 1. The first-order chi connectivity index (χ1) is 5.86. The molecule has 1 aliphatic rings. The normalized spacial score (nSPS) is 30.4. The highest BCUT2D eigenvalue weighted by molar-refractivity contribution is 5.05. The van der Waals surface area contributed by atoms with Gasteiger partial charge in [-0.05, 0) is 31.4 Å². The fraction of sp³-hybridized carbons (Fsp3) is 0.667. The van der Waals surface area contributed by atoms with Gasteiger partial charge in [0.2, 0.25) is 0 Å². The molecule has 3 heteroatoms. The van der Waals surface area contributed by atoms with Crippen molar-refractivity contribution in [1.82, 2.24) is 15.5 Å². The van der Waals surface area contributed by atoms with E-state index < -0.39 is 0 Å². The van der Waals surface area contributed by atoms with Gasteiger partial charge in [0.1, 0.15) is 0 Å². The van der Waals surface area contributed by atoms with Crippen LogP contribution in [0.1, 0.15) is 31.5 Å². The summed E-state index contributed by atoms with van der Waals surface area (Å²) in [4.78, 5) is 0. The summed E-state index contributed by atoms with van der Waals surface area (Å²) in [6, 6.07) is 2.53. The predicted molar refractivity (Wildman–Crippen MR) is 47.7 cm³/mol. The standard InChI is InChI=1S/C9H15N3/c1-7-2-3-8(10-6-7)9-4-5-11-12-9/h4-5,7-8,10H,2-3,6H2,1H3,(H,11,12)/t7-,8+/m0/s1. The number of piperidine rings is 1. The lowest BCUT2D eigenvalue weighted by molar-refractivity contribution is 0.328. The Morgan fingerprint density at radius 3 is 3.00 bits per heavy atom. The summed E-state index contributed by atoms with van der Waals surface area (Å²) in [5, 5.41) is 10.5. The number of aromatic amines is 1. The van der Waals surface area contributed by atoms with Gasteiger partial charge in [0.15, 0.2) is 0 Å². The van der Waals surface area contributed by atoms with Crippen molar-refractivity contribution < 1.29 is 0 Å². The van der Waals surface area contributed by atoms with Gasteiger partial charge in [0.25, 0.3) is 0 Å².